The molecule has 1 N–H and O–H groups in total. The maximum absolute atomic E-state index is 12.7. The molecule has 0 unspecified atom stereocenters. The third-order valence-corrected chi connectivity index (χ3v) is 6.58. The van der Waals surface area contributed by atoms with E-state index < -0.39 is 0 Å². The number of unbranched alkanes of at least 4 members (excludes halogenated alkanes) is 1. The molecule has 0 fully saturated rings. The van der Waals surface area contributed by atoms with Gasteiger partial charge in [0, 0.05) is 17.1 Å². The molecule has 2 aromatic rings. The van der Waals surface area contributed by atoms with Crippen molar-refractivity contribution in [2.45, 2.75) is 53.4 Å². The zero-order valence-electron chi connectivity index (χ0n) is 18.4. The summed E-state index contributed by atoms with van der Waals surface area (Å²) in [4.78, 5) is 16.9. The Labute approximate surface area is 187 Å². The van der Waals surface area contributed by atoms with E-state index in [1.165, 1.54) is 22.3 Å². The second-order valence-corrected chi connectivity index (χ2v) is 8.84. The molecule has 0 saturated heterocycles. The molecule has 0 atom stereocenters. The summed E-state index contributed by atoms with van der Waals surface area (Å²) in [7, 11) is 0. The number of thioether (sulfide) groups is 1. The van der Waals surface area contributed by atoms with Crippen molar-refractivity contribution in [1.82, 2.24) is 9.58 Å². The summed E-state index contributed by atoms with van der Waals surface area (Å²) in [6.45, 7) is 8.36. The summed E-state index contributed by atoms with van der Waals surface area (Å²) < 4.78 is 2.17. The molecule has 0 aliphatic carbocycles. The molecule has 6 nitrogen and oxygen atoms in total. The van der Waals surface area contributed by atoms with E-state index in [0.29, 0.717) is 5.17 Å². The number of aryl methyl sites for hydroxylation is 2. The van der Waals surface area contributed by atoms with Crippen LogP contribution in [-0.2, 0) is 11.2 Å². The Balaban J connectivity index is 1.67. The molecule has 160 valence electrons. The highest BCUT2D eigenvalue weighted by Gasteiger charge is 2.35. The van der Waals surface area contributed by atoms with E-state index in [-0.39, 0.29) is 17.3 Å². The van der Waals surface area contributed by atoms with Gasteiger partial charge in [-0.15, -0.1) is 0 Å². The molecule has 3 heterocycles. The number of amides is 1. The lowest BCUT2D eigenvalue weighted by atomic mass is 10.1. The summed E-state index contributed by atoms with van der Waals surface area (Å²) in [5, 5.41) is 16.0. The molecule has 31 heavy (non-hydrogen) atoms. The van der Waals surface area contributed by atoms with Crippen molar-refractivity contribution in [3.8, 4) is 5.69 Å². The van der Waals surface area contributed by atoms with Crippen LogP contribution in [-0.4, -0.2) is 31.5 Å². The Kier molecular flexibility index (Phi) is 5.96. The zero-order valence-corrected chi connectivity index (χ0v) is 19.2. The van der Waals surface area contributed by atoms with Gasteiger partial charge < -0.3 is 4.57 Å². The van der Waals surface area contributed by atoms with Crippen LogP contribution in [0.3, 0.4) is 0 Å². The predicted molar refractivity (Wildman–Crippen MR) is 129 cm³/mol. The largest absolute Gasteiger partial charge is 0.318 e. The molecule has 1 aromatic carbocycles. The van der Waals surface area contributed by atoms with Crippen molar-refractivity contribution in [2.75, 3.05) is 0 Å². The molecular formula is C24H27N5OS. The van der Waals surface area contributed by atoms with Crippen molar-refractivity contribution in [1.29, 1.82) is 5.41 Å². The van der Waals surface area contributed by atoms with E-state index >= 15 is 0 Å². The molecule has 0 bridgehead atoms. The first-order valence-electron chi connectivity index (χ1n) is 10.7. The van der Waals surface area contributed by atoms with Crippen LogP contribution >= 0.6 is 11.8 Å². The Morgan fingerprint density at radius 2 is 1.90 bits per heavy atom. The topological polar surface area (TPSA) is 73.8 Å². The van der Waals surface area contributed by atoms with Crippen LogP contribution in [0.15, 0.2) is 46.0 Å². The lowest BCUT2D eigenvalue weighted by molar-refractivity contribution is -0.114. The Bertz CT molecular complexity index is 1140. The maximum atomic E-state index is 12.7. The Hall–Kier alpha value is -2.93. The van der Waals surface area contributed by atoms with Crippen molar-refractivity contribution >= 4 is 39.8 Å². The highest BCUT2D eigenvalue weighted by atomic mass is 32.2. The van der Waals surface area contributed by atoms with Gasteiger partial charge in [-0.3, -0.25) is 10.2 Å². The van der Waals surface area contributed by atoms with Crippen molar-refractivity contribution in [2.24, 2.45) is 10.1 Å². The van der Waals surface area contributed by atoms with Gasteiger partial charge in [-0.25, -0.2) is 0 Å². The van der Waals surface area contributed by atoms with Crippen LogP contribution < -0.4 is 0 Å². The average molecular weight is 434 g/mol. The maximum Gasteiger partial charge on any atom is 0.283 e. The van der Waals surface area contributed by atoms with E-state index in [2.05, 4.69) is 59.7 Å². The molecule has 0 radical (unpaired) electrons. The van der Waals surface area contributed by atoms with Gasteiger partial charge in [0.15, 0.2) is 5.84 Å². The monoisotopic (exact) mass is 433 g/mol. The van der Waals surface area contributed by atoms with Gasteiger partial charge in [-0.1, -0.05) is 32.4 Å². The van der Waals surface area contributed by atoms with E-state index in [4.69, 9.17) is 5.41 Å². The van der Waals surface area contributed by atoms with Crippen LogP contribution in [0.5, 0.6) is 0 Å². The number of carbonyl (C=O) groups excluding carboxylic acids is 1. The number of amidine groups is 2. The molecule has 4 rings (SSSR count). The van der Waals surface area contributed by atoms with Crippen LogP contribution in [0.1, 0.15) is 55.6 Å². The second-order valence-electron chi connectivity index (χ2n) is 7.80. The van der Waals surface area contributed by atoms with Crippen LogP contribution in [0.4, 0.5) is 0 Å². The van der Waals surface area contributed by atoms with Crippen molar-refractivity contribution < 1.29 is 4.79 Å². The molecule has 0 spiro atoms. The number of rotatable bonds is 6. The lowest BCUT2D eigenvalue weighted by Crippen LogP contribution is -2.35. The third kappa shape index (κ3) is 4.02. The smallest absolute Gasteiger partial charge is 0.283 e. The second kappa shape index (κ2) is 8.67. The number of aromatic nitrogens is 1. The standard InChI is InChI=1S/C24H27N5OS/c1-5-7-8-21-27-29-22(25)20(23(30)26-24(29)31-21)14-18-13-15(3)28(16(18)4)19-11-9-17(6-2)10-12-19/h9-14,25H,5-8H2,1-4H3/b20-14+,25-22?. The predicted octanol–water partition coefficient (Wildman–Crippen LogP) is 5.47. The normalized spacial score (nSPS) is 17.3. The van der Waals surface area contributed by atoms with E-state index in [0.717, 1.165) is 53.4 Å². The fourth-order valence-corrected chi connectivity index (χ4v) is 4.75. The average Bonchev–Trinajstić information content (AvgIpc) is 3.29. The van der Waals surface area contributed by atoms with Crippen molar-refractivity contribution in [3.05, 3.63) is 58.4 Å². The van der Waals surface area contributed by atoms with Gasteiger partial charge >= 0.3 is 0 Å². The first kappa shape index (κ1) is 21.3. The first-order chi connectivity index (χ1) is 14.9. The highest BCUT2D eigenvalue weighted by Crippen LogP contribution is 2.31. The van der Waals surface area contributed by atoms with Gasteiger partial charge in [0.05, 0.1) is 5.57 Å². The van der Waals surface area contributed by atoms with Crippen LogP contribution in [0.2, 0.25) is 0 Å². The fraction of sp³-hybridized carbons (Fsp3) is 0.333. The number of nitrogens with zero attached hydrogens (tertiary/aromatic N) is 4. The summed E-state index contributed by atoms with van der Waals surface area (Å²) in [5.74, 6) is -0.293. The number of hydrogen-bond acceptors (Lipinski definition) is 4. The number of benzene rings is 1. The highest BCUT2D eigenvalue weighted by molar-refractivity contribution is 8.26. The minimum atomic E-state index is -0.382. The summed E-state index contributed by atoms with van der Waals surface area (Å²) in [6, 6.07) is 10.6. The van der Waals surface area contributed by atoms with Crippen molar-refractivity contribution in [3.63, 3.8) is 0 Å². The molecule has 1 amide bonds. The number of aliphatic imine (C=N–C) groups is 1. The van der Waals surface area contributed by atoms with Gasteiger partial charge in [-0.05, 0) is 80.3 Å². The summed E-state index contributed by atoms with van der Waals surface area (Å²) in [5.41, 5.74) is 5.66. The Morgan fingerprint density at radius 1 is 1.16 bits per heavy atom. The summed E-state index contributed by atoms with van der Waals surface area (Å²) in [6.07, 6.45) is 5.72. The minimum Gasteiger partial charge on any atom is -0.318 e. The minimum absolute atomic E-state index is 0.0890. The van der Waals surface area contributed by atoms with Gasteiger partial charge in [0.25, 0.3) is 5.91 Å². The number of hydrazone groups is 1. The Morgan fingerprint density at radius 3 is 2.58 bits per heavy atom. The molecule has 2 aliphatic rings. The number of carbonyl (C=O) groups is 1. The third-order valence-electron chi connectivity index (χ3n) is 5.61. The molecule has 7 heteroatoms. The van der Waals surface area contributed by atoms with Gasteiger partial charge in [0.2, 0.25) is 5.17 Å². The van der Waals surface area contributed by atoms with Gasteiger partial charge in [-0.2, -0.15) is 15.1 Å². The number of hydrogen-bond donors (Lipinski definition) is 1. The number of nitrogens with one attached hydrogen (secondary N) is 1. The molecule has 1 aromatic heterocycles. The molecule has 2 aliphatic heterocycles. The van der Waals surface area contributed by atoms with E-state index in [1.54, 1.807) is 6.08 Å². The van der Waals surface area contributed by atoms with E-state index in [9.17, 15) is 4.79 Å². The fourth-order valence-electron chi connectivity index (χ4n) is 3.83. The lowest BCUT2D eigenvalue weighted by Gasteiger charge is -2.20. The van der Waals surface area contributed by atoms with E-state index in [1.807, 2.05) is 13.0 Å². The molecular weight excluding hydrogens is 406 g/mol. The van der Waals surface area contributed by atoms with Crippen LogP contribution in [0, 0.1) is 19.3 Å². The zero-order chi connectivity index (χ0) is 22.1. The summed E-state index contributed by atoms with van der Waals surface area (Å²) >= 11 is 1.39. The molecule has 0 saturated carbocycles. The van der Waals surface area contributed by atoms with Gasteiger partial charge in [0.1, 0.15) is 5.04 Å². The first-order valence-corrected chi connectivity index (χ1v) is 11.5. The van der Waals surface area contributed by atoms with Crippen LogP contribution in [0.25, 0.3) is 11.8 Å². The quantitative estimate of drug-likeness (QED) is 0.614. The SMILES string of the molecule is CCCCC1=NN2C(=N)/C(=C\c3cc(C)n(-c4ccc(CC)cc4)c3C)C(=O)N=C2S1. The number of fused-ring (bicyclic) bond motifs is 1.